The SMILES string of the molecule is NC(Cc1ccccc1)C(=O)OCCCC[C@@H](CO[N+](=O)[O-])O[N+](=O)[O-]. The molecule has 0 radical (unpaired) electrons. The monoisotopic (exact) mass is 371 g/mol. The number of ether oxygens (including phenoxy) is 1. The van der Waals surface area contributed by atoms with Gasteiger partial charge in [0.2, 0.25) is 0 Å². The van der Waals surface area contributed by atoms with E-state index in [9.17, 15) is 25.0 Å². The number of unbranched alkanes of at least 4 members (excludes halogenated alkanes) is 1. The minimum atomic E-state index is -1.06. The van der Waals surface area contributed by atoms with Crippen LogP contribution in [0.4, 0.5) is 0 Å². The second-order valence-corrected chi connectivity index (χ2v) is 5.43. The van der Waals surface area contributed by atoms with Crippen molar-refractivity contribution in [3.63, 3.8) is 0 Å². The molecule has 144 valence electrons. The van der Waals surface area contributed by atoms with Crippen LogP contribution in [0.3, 0.4) is 0 Å². The molecule has 0 spiro atoms. The Morgan fingerprint density at radius 2 is 1.81 bits per heavy atom. The molecule has 26 heavy (non-hydrogen) atoms. The van der Waals surface area contributed by atoms with E-state index in [0.717, 1.165) is 5.56 Å². The molecular weight excluding hydrogens is 350 g/mol. The lowest BCUT2D eigenvalue weighted by Crippen LogP contribution is -2.34. The van der Waals surface area contributed by atoms with E-state index in [2.05, 4.69) is 9.68 Å². The van der Waals surface area contributed by atoms with Gasteiger partial charge in [0, 0.05) is 0 Å². The van der Waals surface area contributed by atoms with E-state index in [1.165, 1.54) is 0 Å². The number of benzene rings is 1. The molecule has 2 atom stereocenters. The first kappa shape index (κ1) is 21.1. The number of carbonyl (C=O) groups excluding carboxylic acids is 1. The molecule has 0 amide bonds. The number of carbonyl (C=O) groups is 1. The molecule has 1 aromatic rings. The number of nitrogens with two attached hydrogens (primary N) is 1. The molecule has 0 aliphatic rings. The van der Waals surface area contributed by atoms with Crippen LogP contribution in [-0.4, -0.2) is 41.5 Å². The van der Waals surface area contributed by atoms with Gasteiger partial charge in [-0.1, -0.05) is 30.3 Å². The average Bonchev–Trinajstić information content (AvgIpc) is 2.59. The van der Waals surface area contributed by atoms with Gasteiger partial charge in [-0.3, -0.25) is 4.79 Å². The third kappa shape index (κ3) is 9.37. The van der Waals surface area contributed by atoms with Gasteiger partial charge in [0.15, 0.2) is 0 Å². The zero-order valence-electron chi connectivity index (χ0n) is 14.0. The number of nitrogens with zero attached hydrogens (tertiary/aromatic N) is 2. The minimum absolute atomic E-state index is 0.0859. The average molecular weight is 371 g/mol. The number of esters is 1. The Balaban J connectivity index is 2.23. The zero-order valence-corrected chi connectivity index (χ0v) is 14.0. The molecule has 0 fully saturated rings. The van der Waals surface area contributed by atoms with E-state index in [4.69, 9.17) is 10.5 Å². The van der Waals surface area contributed by atoms with Crippen molar-refractivity contribution in [3.8, 4) is 0 Å². The molecule has 11 nitrogen and oxygen atoms in total. The molecule has 0 aliphatic heterocycles. The molecule has 0 heterocycles. The third-order valence-corrected chi connectivity index (χ3v) is 3.37. The highest BCUT2D eigenvalue weighted by Gasteiger charge is 2.17. The number of rotatable bonds is 13. The van der Waals surface area contributed by atoms with E-state index in [1.807, 2.05) is 30.3 Å². The molecule has 1 aromatic carbocycles. The lowest BCUT2D eigenvalue weighted by Gasteiger charge is -2.14. The van der Waals surface area contributed by atoms with Gasteiger partial charge >= 0.3 is 5.97 Å². The van der Waals surface area contributed by atoms with Crippen molar-refractivity contribution >= 4 is 5.97 Å². The highest BCUT2D eigenvalue weighted by Crippen LogP contribution is 2.08. The first-order valence-corrected chi connectivity index (χ1v) is 7.93. The van der Waals surface area contributed by atoms with E-state index in [-0.39, 0.29) is 13.0 Å². The van der Waals surface area contributed by atoms with Gasteiger partial charge in [-0.2, -0.15) is 0 Å². The van der Waals surface area contributed by atoms with Gasteiger partial charge in [0.25, 0.3) is 10.2 Å². The van der Waals surface area contributed by atoms with Gasteiger partial charge in [-0.05, 0) is 31.2 Å². The zero-order chi connectivity index (χ0) is 19.4. The van der Waals surface area contributed by atoms with Crippen molar-refractivity contribution in [2.24, 2.45) is 5.73 Å². The lowest BCUT2D eigenvalue weighted by molar-refractivity contribution is -0.790. The van der Waals surface area contributed by atoms with Crippen molar-refractivity contribution in [1.82, 2.24) is 0 Å². The topological polar surface area (TPSA) is 157 Å². The Bertz CT molecular complexity index is 584. The molecular formula is C15H21N3O8. The summed E-state index contributed by atoms with van der Waals surface area (Å²) in [7, 11) is 0. The molecule has 2 N–H and O–H groups in total. The summed E-state index contributed by atoms with van der Waals surface area (Å²) in [6.07, 6.45) is 0.228. The largest absolute Gasteiger partial charge is 0.465 e. The molecule has 0 saturated carbocycles. The fourth-order valence-corrected chi connectivity index (χ4v) is 2.14. The molecule has 0 bridgehead atoms. The summed E-state index contributed by atoms with van der Waals surface area (Å²) in [5.74, 6) is -0.538. The molecule has 0 aromatic heterocycles. The van der Waals surface area contributed by atoms with Crippen molar-refractivity contribution in [2.45, 2.75) is 37.8 Å². The van der Waals surface area contributed by atoms with Crippen LogP contribution in [0.1, 0.15) is 24.8 Å². The van der Waals surface area contributed by atoms with E-state index in [0.29, 0.717) is 19.3 Å². The van der Waals surface area contributed by atoms with Gasteiger partial charge in [0.1, 0.15) is 18.8 Å². The Hall–Kier alpha value is -2.95. The highest BCUT2D eigenvalue weighted by atomic mass is 17.0. The third-order valence-electron chi connectivity index (χ3n) is 3.37. The summed E-state index contributed by atoms with van der Waals surface area (Å²) in [6.45, 7) is -0.460. The van der Waals surface area contributed by atoms with Crippen LogP contribution in [-0.2, 0) is 25.6 Å². The fraction of sp³-hybridized carbons (Fsp3) is 0.533. The van der Waals surface area contributed by atoms with E-state index >= 15 is 0 Å². The summed E-state index contributed by atoms with van der Waals surface area (Å²) >= 11 is 0. The van der Waals surface area contributed by atoms with Crippen molar-refractivity contribution < 1.29 is 29.4 Å². The van der Waals surface area contributed by atoms with Gasteiger partial charge in [0.05, 0.1) is 6.61 Å². The van der Waals surface area contributed by atoms with Crippen LogP contribution in [0.5, 0.6) is 0 Å². The first-order valence-electron chi connectivity index (χ1n) is 7.93. The molecule has 11 heteroatoms. The second-order valence-electron chi connectivity index (χ2n) is 5.43. The predicted molar refractivity (Wildman–Crippen MR) is 87.7 cm³/mol. The summed E-state index contributed by atoms with van der Waals surface area (Å²) < 4.78 is 5.06. The summed E-state index contributed by atoms with van der Waals surface area (Å²) in [5, 5.41) is 18.4. The van der Waals surface area contributed by atoms with Gasteiger partial charge in [-0.25, -0.2) is 0 Å². The fourth-order valence-electron chi connectivity index (χ4n) is 2.14. The first-order chi connectivity index (χ1) is 12.4. The molecule has 1 unspecified atom stereocenters. The lowest BCUT2D eigenvalue weighted by atomic mass is 10.1. The maximum Gasteiger partial charge on any atom is 0.323 e. The van der Waals surface area contributed by atoms with Crippen LogP contribution in [0, 0.1) is 20.2 Å². The Labute approximate surface area is 149 Å². The number of hydrogen-bond donors (Lipinski definition) is 1. The predicted octanol–water partition coefficient (Wildman–Crippen LogP) is 1.06. The standard InChI is InChI=1S/C15H21N3O8/c16-14(10-12-6-2-1-3-7-12)15(19)24-9-5-4-8-13(26-18(22)23)11-25-17(20)21/h1-3,6-7,13-14H,4-5,8-11,16H2/t13-,14?/m0/s1. The second kappa shape index (κ2) is 11.6. The van der Waals surface area contributed by atoms with Gasteiger partial charge < -0.3 is 20.1 Å². The van der Waals surface area contributed by atoms with E-state index in [1.54, 1.807) is 0 Å². The molecule has 0 aliphatic carbocycles. The minimum Gasteiger partial charge on any atom is -0.465 e. The van der Waals surface area contributed by atoms with E-state index < -0.39 is 34.9 Å². The van der Waals surface area contributed by atoms with Crippen LogP contribution in [0.25, 0.3) is 0 Å². The van der Waals surface area contributed by atoms with Crippen LogP contribution >= 0.6 is 0 Å². The normalized spacial score (nSPS) is 12.7. The summed E-state index contributed by atoms with van der Waals surface area (Å²) in [4.78, 5) is 40.6. The molecule has 0 saturated heterocycles. The Morgan fingerprint density at radius 1 is 1.12 bits per heavy atom. The van der Waals surface area contributed by atoms with Crippen molar-refractivity contribution in [3.05, 3.63) is 56.1 Å². The Kier molecular flexibility index (Phi) is 9.39. The van der Waals surface area contributed by atoms with Crippen molar-refractivity contribution in [2.75, 3.05) is 13.2 Å². The van der Waals surface area contributed by atoms with Crippen LogP contribution in [0.2, 0.25) is 0 Å². The summed E-state index contributed by atoms with van der Waals surface area (Å²) in [6, 6.07) is 8.49. The molecule has 1 rings (SSSR count). The Morgan fingerprint density at radius 3 is 2.42 bits per heavy atom. The quantitative estimate of drug-likeness (QED) is 0.231. The van der Waals surface area contributed by atoms with Gasteiger partial charge in [-0.15, -0.1) is 20.2 Å². The number of hydrogen-bond acceptors (Lipinski definition) is 9. The van der Waals surface area contributed by atoms with Crippen molar-refractivity contribution in [1.29, 1.82) is 0 Å². The van der Waals surface area contributed by atoms with Crippen LogP contribution < -0.4 is 5.73 Å². The highest BCUT2D eigenvalue weighted by molar-refractivity contribution is 5.75. The van der Waals surface area contributed by atoms with Crippen LogP contribution in [0.15, 0.2) is 30.3 Å². The smallest absolute Gasteiger partial charge is 0.323 e. The maximum absolute atomic E-state index is 11.8. The summed E-state index contributed by atoms with van der Waals surface area (Å²) in [5.41, 5.74) is 6.70. The maximum atomic E-state index is 11.8.